The van der Waals surface area contributed by atoms with E-state index in [0.29, 0.717) is 32.0 Å². The summed E-state index contributed by atoms with van der Waals surface area (Å²) in [7, 11) is 0. The number of imidazole rings is 1. The van der Waals surface area contributed by atoms with Gasteiger partial charge in [-0.05, 0) is 37.6 Å². The third-order valence-electron chi connectivity index (χ3n) is 4.54. The van der Waals surface area contributed by atoms with E-state index in [1.54, 1.807) is 16.8 Å². The fourth-order valence-electron chi connectivity index (χ4n) is 3.27. The summed E-state index contributed by atoms with van der Waals surface area (Å²) in [5.41, 5.74) is 3.13. The molecule has 7 heteroatoms. The topological polar surface area (TPSA) is 72.6 Å². The number of hydrogen-bond donors (Lipinski definition) is 0. The van der Waals surface area contributed by atoms with Crippen LogP contribution < -0.4 is 0 Å². The number of pyridine rings is 1. The number of aromatic nitrogens is 4. The second-order valence-corrected chi connectivity index (χ2v) is 6.62. The molecule has 3 aromatic rings. The Morgan fingerprint density at radius 1 is 1.31 bits per heavy atom. The minimum absolute atomic E-state index is 0.0396. The molecular formula is C19H21N5O2. The van der Waals surface area contributed by atoms with Gasteiger partial charge in [0.05, 0.1) is 18.9 Å². The number of ether oxygens (including phenoxy) is 1. The van der Waals surface area contributed by atoms with E-state index in [1.807, 2.05) is 42.3 Å². The van der Waals surface area contributed by atoms with E-state index in [2.05, 4.69) is 15.1 Å². The second kappa shape index (κ2) is 7.21. The lowest BCUT2D eigenvalue weighted by Gasteiger charge is -2.23. The number of carbonyl (C=O) groups excluding carboxylic acids is 1. The molecule has 3 aromatic heterocycles. The van der Waals surface area contributed by atoms with E-state index in [1.165, 1.54) is 0 Å². The molecule has 1 atom stereocenters. The summed E-state index contributed by atoms with van der Waals surface area (Å²) >= 11 is 0. The highest BCUT2D eigenvalue weighted by molar-refractivity contribution is 5.92. The first-order valence-corrected chi connectivity index (χ1v) is 8.79. The number of carbonyl (C=O) groups is 1. The number of amides is 1. The zero-order chi connectivity index (χ0) is 17.9. The summed E-state index contributed by atoms with van der Waals surface area (Å²) in [6.45, 7) is 4.27. The van der Waals surface area contributed by atoms with E-state index >= 15 is 0 Å². The fourth-order valence-corrected chi connectivity index (χ4v) is 3.27. The van der Waals surface area contributed by atoms with Crippen LogP contribution in [0.15, 0.2) is 42.7 Å². The van der Waals surface area contributed by atoms with Crippen LogP contribution >= 0.6 is 0 Å². The highest BCUT2D eigenvalue weighted by Crippen LogP contribution is 2.15. The largest absolute Gasteiger partial charge is 0.379 e. The van der Waals surface area contributed by atoms with Crippen LogP contribution in [0.2, 0.25) is 0 Å². The van der Waals surface area contributed by atoms with Crippen LogP contribution in [0.3, 0.4) is 0 Å². The molecule has 0 unspecified atom stereocenters. The van der Waals surface area contributed by atoms with Crippen LogP contribution in [0.1, 0.15) is 21.9 Å². The summed E-state index contributed by atoms with van der Waals surface area (Å²) in [6.07, 6.45) is 4.32. The maximum atomic E-state index is 12.8. The third-order valence-corrected chi connectivity index (χ3v) is 4.54. The second-order valence-electron chi connectivity index (χ2n) is 6.62. The van der Waals surface area contributed by atoms with E-state index in [-0.39, 0.29) is 11.8 Å². The monoisotopic (exact) mass is 351 g/mol. The van der Waals surface area contributed by atoms with Crippen molar-refractivity contribution in [1.82, 2.24) is 24.5 Å². The van der Waals surface area contributed by atoms with Crippen LogP contribution in [-0.2, 0) is 11.2 Å². The molecule has 1 amide bonds. The third kappa shape index (κ3) is 3.57. The van der Waals surface area contributed by atoms with Crippen molar-refractivity contribution in [3.8, 4) is 0 Å². The minimum atomic E-state index is -0.0396. The van der Waals surface area contributed by atoms with Crippen molar-refractivity contribution in [2.24, 2.45) is 5.92 Å². The van der Waals surface area contributed by atoms with Crippen molar-refractivity contribution in [1.29, 1.82) is 0 Å². The van der Waals surface area contributed by atoms with Crippen LogP contribution in [0.4, 0.5) is 0 Å². The number of fused-ring (bicyclic) bond motifs is 1. The quantitative estimate of drug-likeness (QED) is 0.719. The Balaban J connectivity index is 1.49. The lowest BCUT2D eigenvalue weighted by Crippen LogP contribution is -2.37. The summed E-state index contributed by atoms with van der Waals surface area (Å²) < 4.78 is 7.50. The number of rotatable bonds is 3. The smallest absolute Gasteiger partial charge is 0.272 e. The zero-order valence-corrected chi connectivity index (χ0v) is 14.7. The van der Waals surface area contributed by atoms with Crippen molar-refractivity contribution in [3.63, 3.8) is 0 Å². The van der Waals surface area contributed by atoms with E-state index < -0.39 is 0 Å². The molecule has 4 heterocycles. The molecule has 0 saturated carbocycles. The lowest BCUT2D eigenvalue weighted by molar-refractivity contribution is 0.0731. The Bertz CT molecular complexity index is 923. The maximum Gasteiger partial charge on any atom is 0.272 e. The van der Waals surface area contributed by atoms with Gasteiger partial charge in [-0.3, -0.25) is 4.79 Å². The average molecular weight is 351 g/mol. The van der Waals surface area contributed by atoms with Crippen molar-refractivity contribution in [2.45, 2.75) is 13.3 Å². The van der Waals surface area contributed by atoms with Crippen LogP contribution in [0.25, 0.3) is 5.65 Å². The summed E-state index contributed by atoms with van der Waals surface area (Å²) in [4.78, 5) is 23.2. The standard InChI is InChI=1S/C19H21N5O2/c1-14-3-2-4-17(21-14)19(25)23-9-10-26-13-15(12-23)11-16-5-6-18-20-7-8-24(18)22-16/h2-8,15H,9-13H2,1H3/t15-/m1/s1. The van der Waals surface area contributed by atoms with Crippen molar-refractivity contribution in [3.05, 3.63) is 59.8 Å². The Kier molecular flexibility index (Phi) is 4.62. The van der Waals surface area contributed by atoms with Gasteiger partial charge in [0.2, 0.25) is 0 Å². The summed E-state index contributed by atoms with van der Waals surface area (Å²) in [6, 6.07) is 9.47. The molecule has 1 aliphatic rings. The molecule has 0 N–H and O–H groups in total. The Morgan fingerprint density at radius 3 is 3.12 bits per heavy atom. The van der Waals surface area contributed by atoms with Gasteiger partial charge in [-0.1, -0.05) is 6.07 Å². The predicted molar refractivity (Wildman–Crippen MR) is 95.9 cm³/mol. The lowest BCUT2D eigenvalue weighted by atomic mass is 10.0. The molecule has 0 radical (unpaired) electrons. The molecule has 134 valence electrons. The van der Waals surface area contributed by atoms with Crippen molar-refractivity contribution >= 4 is 11.6 Å². The van der Waals surface area contributed by atoms with E-state index in [0.717, 1.165) is 23.5 Å². The average Bonchev–Trinajstić information content (AvgIpc) is 2.99. The molecule has 0 aliphatic carbocycles. The molecule has 7 nitrogen and oxygen atoms in total. The number of aryl methyl sites for hydroxylation is 1. The van der Waals surface area contributed by atoms with Gasteiger partial charge in [0, 0.05) is 37.1 Å². The molecule has 1 fully saturated rings. The molecule has 4 rings (SSSR count). The van der Waals surface area contributed by atoms with Gasteiger partial charge in [0.1, 0.15) is 5.69 Å². The fraction of sp³-hybridized carbons (Fsp3) is 0.368. The van der Waals surface area contributed by atoms with Gasteiger partial charge >= 0.3 is 0 Å². The van der Waals surface area contributed by atoms with Crippen LogP contribution in [-0.4, -0.2) is 56.7 Å². The van der Waals surface area contributed by atoms with Gasteiger partial charge in [-0.25, -0.2) is 14.5 Å². The first-order chi connectivity index (χ1) is 12.7. The highest BCUT2D eigenvalue weighted by Gasteiger charge is 2.24. The van der Waals surface area contributed by atoms with Gasteiger partial charge in [-0.15, -0.1) is 0 Å². The zero-order valence-electron chi connectivity index (χ0n) is 14.7. The Morgan fingerprint density at radius 2 is 2.23 bits per heavy atom. The first-order valence-electron chi connectivity index (χ1n) is 8.79. The van der Waals surface area contributed by atoms with Crippen LogP contribution in [0, 0.1) is 12.8 Å². The molecular weight excluding hydrogens is 330 g/mol. The van der Waals surface area contributed by atoms with Gasteiger partial charge in [0.15, 0.2) is 5.65 Å². The highest BCUT2D eigenvalue weighted by atomic mass is 16.5. The molecule has 26 heavy (non-hydrogen) atoms. The summed E-state index contributed by atoms with van der Waals surface area (Å²) in [5, 5.41) is 4.58. The molecule has 0 bridgehead atoms. The number of nitrogens with zero attached hydrogens (tertiary/aromatic N) is 5. The molecule has 0 aromatic carbocycles. The number of hydrogen-bond acceptors (Lipinski definition) is 5. The minimum Gasteiger partial charge on any atom is -0.379 e. The maximum absolute atomic E-state index is 12.8. The predicted octanol–water partition coefficient (Wildman–Crippen LogP) is 1.76. The van der Waals surface area contributed by atoms with Gasteiger partial charge in [0.25, 0.3) is 5.91 Å². The Labute approximate surface area is 151 Å². The first kappa shape index (κ1) is 16.7. The van der Waals surface area contributed by atoms with Gasteiger partial charge < -0.3 is 9.64 Å². The summed E-state index contributed by atoms with van der Waals surface area (Å²) in [5.74, 6) is 0.155. The van der Waals surface area contributed by atoms with Crippen molar-refractivity contribution in [2.75, 3.05) is 26.3 Å². The molecule has 0 spiro atoms. The van der Waals surface area contributed by atoms with Crippen molar-refractivity contribution < 1.29 is 9.53 Å². The molecule has 1 aliphatic heterocycles. The Hall–Kier alpha value is -2.80. The molecule has 1 saturated heterocycles. The van der Waals surface area contributed by atoms with Gasteiger partial charge in [-0.2, -0.15) is 5.10 Å². The van der Waals surface area contributed by atoms with Crippen LogP contribution in [0.5, 0.6) is 0 Å². The van der Waals surface area contributed by atoms with E-state index in [4.69, 9.17) is 4.74 Å². The normalized spacial score (nSPS) is 18.0. The van der Waals surface area contributed by atoms with E-state index in [9.17, 15) is 4.79 Å². The SMILES string of the molecule is Cc1cccc(C(=O)N2CCOC[C@H](Cc3ccc4nccn4n3)C2)n1.